The van der Waals surface area contributed by atoms with Crippen molar-refractivity contribution >= 4 is 22.8 Å². The Kier molecular flexibility index (Phi) is 2.44. The highest BCUT2D eigenvalue weighted by atomic mass is 16.1. The SMILES string of the molecule is CNC(=O)c1cccc2nc(N)nc(C)c12. The van der Waals surface area contributed by atoms with Gasteiger partial charge < -0.3 is 11.1 Å². The molecular weight excluding hydrogens is 204 g/mol. The van der Waals surface area contributed by atoms with E-state index < -0.39 is 0 Å². The van der Waals surface area contributed by atoms with Crippen LogP contribution in [0.2, 0.25) is 0 Å². The number of aryl methyl sites for hydroxylation is 1. The Balaban J connectivity index is 2.81. The third kappa shape index (κ3) is 1.56. The van der Waals surface area contributed by atoms with Gasteiger partial charge in [-0.2, -0.15) is 0 Å². The first-order chi connectivity index (χ1) is 7.63. The second-order valence-corrected chi connectivity index (χ2v) is 3.45. The van der Waals surface area contributed by atoms with E-state index in [-0.39, 0.29) is 11.9 Å². The summed E-state index contributed by atoms with van der Waals surface area (Å²) in [5, 5.41) is 3.34. The normalized spacial score (nSPS) is 10.4. The molecule has 2 rings (SSSR count). The molecule has 82 valence electrons. The van der Waals surface area contributed by atoms with Crippen molar-refractivity contribution in [2.24, 2.45) is 0 Å². The number of hydrogen-bond donors (Lipinski definition) is 2. The Hall–Kier alpha value is -2.17. The van der Waals surface area contributed by atoms with Crippen LogP contribution in [0.3, 0.4) is 0 Å². The number of amides is 1. The van der Waals surface area contributed by atoms with E-state index >= 15 is 0 Å². The van der Waals surface area contributed by atoms with Gasteiger partial charge in [-0.25, -0.2) is 9.97 Å². The Bertz CT molecular complexity index is 565. The van der Waals surface area contributed by atoms with Gasteiger partial charge in [-0.1, -0.05) is 6.07 Å². The van der Waals surface area contributed by atoms with Gasteiger partial charge in [-0.3, -0.25) is 4.79 Å². The second-order valence-electron chi connectivity index (χ2n) is 3.45. The average molecular weight is 216 g/mol. The van der Waals surface area contributed by atoms with Gasteiger partial charge in [0.05, 0.1) is 16.8 Å². The number of carbonyl (C=O) groups is 1. The zero-order valence-electron chi connectivity index (χ0n) is 9.11. The fourth-order valence-corrected chi connectivity index (χ4v) is 1.71. The third-order valence-electron chi connectivity index (χ3n) is 2.39. The minimum Gasteiger partial charge on any atom is -0.368 e. The van der Waals surface area contributed by atoms with Crippen LogP contribution < -0.4 is 11.1 Å². The summed E-state index contributed by atoms with van der Waals surface area (Å²) < 4.78 is 0. The van der Waals surface area contributed by atoms with Gasteiger partial charge in [0.25, 0.3) is 5.91 Å². The van der Waals surface area contributed by atoms with Crippen molar-refractivity contribution in [1.29, 1.82) is 0 Å². The number of carbonyl (C=O) groups excluding carboxylic acids is 1. The number of benzene rings is 1. The largest absolute Gasteiger partial charge is 0.368 e. The number of aromatic nitrogens is 2. The van der Waals surface area contributed by atoms with Crippen LogP contribution in [0.25, 0.3) is 10.9 Å². The lowest BCUT2D eigenvalue weighted by molar-refractivity contribution is 0.0964. The molecule has 1 heterocycles. The number of rotatable bonds is 1. The standard InChI is InChI=1S/C11H12N4O/c1-6-9-7(10(16)13-2)4-3-5-8(9)15-11(12)14-6/h3-5H,1-2H3,(H,13,16)(H2,12,14,15). The summed E-state index contributed by atoms with van der Waals surface area (Å²) in [6, 6.07) is 5.33. The summed E-state index contributed by atoms with van der Waals surface area (Å²) in [5.41, 5.74) is 7.52. The maximum atomic E-state index is 11.7. The fourth-order valence-electron chi connectivity index (χ4n) is 1.71. The predicted molar refractivity (Wildman–Crippen MR) is 62.1 cm³/mol. The van der Waals surface area contributed by atoms with Crippen LogP contribution in [0.15, 0.2) is 18.2 Å². The average Bonchev–Trinajstić information content (AvgIpc) is 2.26. The van der Waals surface area contributed by atoms with Crippen LogP contribution in [-0.4, -0.2) is 22.9 Å². The van der Waals surface area contributed by atoms with Crippen molar-refractivity contribution in [2.45, 2.75) is 6.92 Å². The summed E-state index contributed by atoms with van der Waals surface area (Å²) in [6.45, 7) is 1.81. The van der Waals surface area contributed by atoms with E-state index in [2.05, 4.69) is 15.3 Å². The molecule has 0 aliphatic rings. The number of fused-ring (bicyclic) bond motifs is 1. The van der Waals surface area contributed by atoms with E-state index in [4.69, 9.17) is 5.73 Å². The summed E-state index contributed by atoms with van der Waals surface area (Å²) in [6.07, 6.45) is 0. The van der Waals surface area contributed by atoms with E-state index in [1.807, 2.05) is 13.0 Å². The minimum atomic E-state index is -0.151. The molecule has 0 saturated carbocycles. The highest BCUT2D eigenvalue weighted by Gasteiger charge is 2.12. The smallest absolute Gasteiger partial charge is 0.251 e. The Morgan fingerprint density at radius 3 is 2.81 bits per heavy atom. The molecule has 5 nitrogen and oxygen atoms in total. The molecule has 0 bridgehead atoms. The van der Waals surface area contributed by atoms with Crippen LogP contribution in [0.1, 0.15) is 16.1 Å². The highest BCUT2D eigenvalue weighted by Crippen LogP contribution is 2.20. The topological polar surface area (TPSA) is 80.9 Å². The van der Waals surface area contributed by atoms with E-state index in [1.54, 1.807) is 19.2 Å². The van der Waals surface area contributed by atoms with Gasteiger partial charge in [-0.05, 0) is 19.1 Å². The summed E-state index contributed by atoms with van der Waals surface area (Å²) in [4.78, 5) is 19.8. The van der Waals surface area contributed by atoms with Gasteiger partial charge in [0.2, 0.25) is 5.95 Å². The molecule has 1 aromatic carbocycles. The van der Waals surface area contributed by atoms with Crippen molar-refractivity contribution in [2.75, 3.05) is 12.8 Å². The van der Waals surface area contributed by atoms with Crippen LogP contribution in [0, 0.1) is 6.92 Å². The number of nitrogens with zero attached hydrogens (tertiary/aromatic N) is 2. The predicted octanol–water partition coefficient (Wildman–Crippen LogP) is 0.880. The molecular formula is C11H12N4O. The van der Waals surface area contributed by atoms with Crippen LogP contribution in [-0.2, 0) is 0 Å². The monoisotopic (exact) mass is 216 g/mol. The molecule has 2 aromatic rings. The first-order valence-corrected chi connectivity index (χ1v) is 4.88. The summed E-state index contributed by atoms with van der Waals surface area (Å²) >= 11 is 0. The van der Waals surface area contributed by atoms with Crippen LogP contribution >= 0.6 is 0 Å². The number of nitrogens with one attached hydrogen (secondary N) is 1. The van der Waals surface area contributed by atoms with Crippen molar-refractivity contribution in [3.8, 4) is 0 Å². The van der Waals surface area contributed by atoms with E-state index in [1.165, 1.54) is 0 Å². The van der Waals surface area contributed by atoms with Crippen molar-refractivity contribution in [3.05, 3.63) is 29.5 Å². The van der Waals surface area contributed by atoms with E-state index in [0.717, 1.165) is 5.39 Å². The molecule has 0 saturated heterocycles. The molecule has 0 unspecified atom stereocenters. The van der Waals surface area contributed by atoms with E-state index in [9.17, 15) is 4.79 Å². The van der Waals surface area contributed by atoms with Gasteiger partial charge in [0.15, 0.2) is 0 Å². The molecule has 3 N–H and O–H groups in total. The third-order valence-corrected chi connectivity index (χ3v) is 2.39. The molecule has 1 amide bonds. The number of hydrogen-bond acceptors (Lipinski definition) is 4. The van der Waals surface area contributed by atoms with Gasteiger partial charge in [-0.15, -0.1) is 0 Å². The maximum absolute atomic E-state index is 11.7. The maximum Gasteiger partial charge on any atom is 0.251 e. The number of nitrogen functional groups attached to an aromatic ring is 1. The highest BCUT2D eigenvalue weighted by molar-refractivity contribution is 6.07. The summed E-state index contributed by atoms with van der Waals surface area (Å²) in [5.74, 6) is 0.0705. The molecule has 0 aliphatic heterocycles. The molecule has 0 atom stereocenters. The minimum absolute atomic E-state index is 0.151. The lowest BCUT2D eigenvalue weighted by atomic mass is 10.1. The lowest BCUT2D eigenvalue weighted by Gasteiger charge is -2.07. The first-order valence-electron chi connectivity index (χ1n) is 4.88. The van der Waals surface area contributed by atoms with Crippen LogP contribution in [0.5, 0.6) is 0 Å². The van der Waals surface area contributed by atoms with Crippen molar-refractivity contribution in [3.63, 3.8) is 0 Å². The zero-order chi connectivity index (χ0) is 11.7. The Labute approximate surface area is 92.7 Å². The molecule has 0 fully saturated rings. The zero-order valence-corrected chi connectivity index (χ0v) is 9.11. The van der Waals surface area contributed by atoms with Crippen LogP contribution in [0.4, 0.5) is 5.95 Å². The van der Waals surface area contributed by atoms with E-state index in [0.29, 0.717) is 16.8 Å². The number of nitrogens with two attached hydrogens (primary N) is 1. The Morgan fingerprint density at radius 1 is 1.38 bits per heavy atom. The molecule has 0 aliphatic carbocycles. The molecule has 0 spiro atoms. The van der Waals surface area contributed by atoms with Gasteiger partial charge >= 0.3 is 0 Å². The Morgan fingerprint density at radius 2 is 2.12 bits per heavy atom. The van der Waals surface area contributed by atoms with Gasteiger partial charge in [0, 0.05) is 12.4 Å². The lowest BCUT2D eigenvalue weighted by Crippen LogP contribution is -2.18. The van der Waals surface area contributed by atoms with Crippen molar-refractivity contribution in [1.82, 2.24) is 15.3 Å². The second kappa shape index (κ2) is 3.77. The van der Waals surface area contributed by atoms with Gasteiger partial charge in [0.1, 0.15) is 0 Å². The fraction of sp³-hybridized carbons (Fsp3) is 0.182. The first kappa shape index (κ1) is 10.4. The molecule has 5 heteroatoms. The summed E-state index contributed by atoms with van der Waals surface area (Å²) in [7, 11) is 1.59. The molecule has 1 aromatic heterocycles. The number of anilines is 1. The molecule has 0 radical (unpaired) electrons. The van der Waals surface area contributed by atoms with Crippen molar-refractivity contribution < 1.29 is 4.79 Å². The quantitative estimate of drug-likeness (QED) is 0.741. The molecule has 16 heavy (non-hydrogen) atoms.